The number of fused-ring (bicyclic) bond motifs is 2. The summed E-state index contributed by atoms with van der Waals surface area (Å²) >= 11 is 0. The Kier molecular flexibility index (Phi) is 3.13. The van der Waals surface area contributed by atoms with E-state index < -0.39 is 12.9 Å². The molecule has 1 saturated carbocycles. The van der Waals surface area contributed by atoms with Crippen molar-refractivity contribution in [2.45, 2.75) is 31.8 Å². The van der Waals surface area contributed by atoms with Gasteiger partial charge in [0.2, 0.25) is 0 Å². The molecule has 0 aromatic heterocycles. The van der Waals surface area contributed by atoms with Crippen LogP contribution in [0.15, 0.2) is 18.2 Å². The Morgan fingerprint density at radius 3 is 2.72 bits per heavy atom. The van der Waals surface area contributed by atoms with E-state index in [1.165, 1.54) is 31.4 Å². The lowest BCUT2D eigenvalue weighted by Crippen LogP contribution is -2.33. The average molecular weight is 249 g/mol. The van der Waals surface area contributed by atoms with Crippen molar-refractivity contribution in [3.63, 3.8) is 0 Å². The van der Waals surface area contributed by atoms with Crippen molar-refractivity contribution >= 4 is 12.6 Å². The van der Waals surface area contributed by atoms with Crippen molar-refractivity contribution in [3.05, 3.63) is 29.6 Å². The smallest absolute Gasteiger partial charge is 0.423 e. The molecule has 3 rings (SSSR count). The number of nitrogens with zero attached hydrogens (tertiary/aromatic N) is 1. The highest BCUT2D eigenvalue weighted by atomic mass is 19.1. The second-order valence-electron chi connectivity index (χ2n) is 5.53. The van der Waals surface area contributed by atoms with Gasteiger partial charge in [0, 0.05) is 19.1 Å². The molecule has 2 aliphatic rings. The van der Waals surface area contributed by atoms with E-state index in [4.69, 9.17) is 10.0 Å². The van der Waals surface area contributed by atoms with Crippen LogP contribution in [0.3, 0.4) is 0 Å². The Balaban J connectivity index is 1.76. The van der Waals surface area contributed by atoms with Crippen LogP contribution in [0.5, 0.6) is 0 Å². The number of rotatable bonds is 3. The molecule has 2 fully saturated rings. The van der Waals surface area contributed by atoms with Crippen LogP contribution in [0.4, 0.5) is 4.39 Å². The van der Waals surface area contributed by atoms with Crippen LogP contribution < -0.4 is 5.46 Å². The monoisotopic (exact) mass is 249 g/mol. The van der Waals surface area contributed by atoms with E-state index >= 15 is 0 Å². The van der Waals surface area contributed by atoms with Crippen LogP contribution in [0.25, 0.3) is 0 Å². The van der Waals surface area contributed by atoms with Gasteiger partial charge in [-0.25, -0.2) is 4.39 Å². The summed E-state index contributed by atoms with van der Waals surface area (Å²) in [4.78, 5) is 2.39. The molecule has 2 bridgehead atoms. The van der Waals surface area contributed by atoms with E-state index in [0.29, 0.717) is 12.6 Å². The summed E-state index contributed by atoms with van der Waals surface area (Å²) in [6.45, 7) is 1.80. The molecule has 0 radical (unpaired) electrons. The molecule has 1 aromatic rings. The van der Waals surface area contributed by atoms with Crippen LogP contribution in [-0.2, 0) is 6.54 Å². The predicted octanol–water partition coefficient (Wildman–Crippen LogP) is 0.490. The molecule has 3 nitrogen and oxygen atoms in total. The van der Waals surface area contributed by atoms with Gasteiger partial charge in [-0.1, -0.05) is 6.07 Å². The zero-order valence-corrected chi connectivity index (χ0v) is 10.2. The number of hydrogen-bond donors (Lipinski definition) is 2. The fourth-order valence-corrected chi connectivity index (χ4v) is 3.37. The third kappa shape index (κ3) is 2.30. The molecule has 2 atom stereocenters. The summed E-state index contributed by atoms with van der Waals surface area (Å²) in [5.74, 6) is 0.409. The van der Waals surface area contributed by atoms with Gasteiger partial charge in [-0.3, -0.25) is 4.90 Å². The van der Waals surface area contributed by atoms with Crippen molar-refractivity contribution in [3.8, 4) is 0 Å². The first kappa shape index (κ1) is 12.1. The number of piperidine rings is 1. The van der Waals surface area contributed by atoms with Gasteiger partial charge in [0.25, 0.3) is 0 Å². The molecule has 1 aliphatic heterocycles. The summed E-state index contributed by atoms with van der Waals surface area (Å²) in [5.41, 5.74) is 1.06. The van der Waals surface area contributed by atoms with Crippen molar-refractivity contribution in [1.29, 1.82) is 0 Å². The van der Waals surface area contributed by atoms with E-state index in [9.17, 15) is 4.39 Å². The maximum atomic E-state index is 13.4. The van der Waals surface area contributed by atoms with Gasteiger partial charge in [-0.2, -0.15) is 0 Å². The van der Waals surface area contributed by atoms with E-state index in [1.54, 1.807) is 6.07 Å². The summed E-state index contributed by atoms with van der Waals surface area (Å²) in [5, 5.41) is 18.2. The van der Waals surface area contributed by atoms with E-state index in [1.807, 2.05) is 0 Å². The summed E-state index contributed by atoms with van der Waals surface area (Å²) in [6, 6.07) is 4.97. The Morgan fingerprint density at radius 1 is 1.28 bits per heavy atom. The third-order valence-corrected chi connectivity index (χ3v) is 4.19. The van der Waals surface area contributed by atoms with Crippen LogP contribution in [0.1, 0.15) is 24.8 Å². The Labute approximate surface area is 106 Å². The molecule has 0 spiro atoms. The number of benzene rings is 1. The molecule has 1 aromatic carbocycles. The van der Waals surface area contributed by atoms with Crippen LogP contribution in [0.2, 0.25) is 0 Å². The first-order chi connectivity index (χ1) is 8.61. The first-order valence-corrected chi connectivity index (χ1v) is 6.51. The highest BCUT2D eigenvalue weighted by Gasteiger charge is 2.37. The second-order valence-corrected chi connectivity index (χ2v) is 5.53. The van der Waals surface area contributed by atoms with Crippen molar-refractivity contribution in [2.24, 2.45) is 5.92 Å². The summed E-state index contributed by atoms with van der Waals surface area (Å²) < 4.78 is 13.4. The van der Waals surface area contributed by atoms with Gasteiger partial charge in [-0.05, 0) is 48.3 Å². The Bertz CT molecular complexity index is 455. The molecule has 1 aliphatic carbocycles. The highest BCUT2D eigenvalue weighted by Crippen LogP contribution is 2.37. The summed E-state index contributed by atoms with van der Waals surface area (Å²) in [7, 11) is -1.60. The van der Waals surface area contributed by atoms with Crippen LogP contribution in [-0.4, -0.2) is 34.7 Å². The molecule has 1 heterocycles. The SMILES string of the molecule is OB(O)c1cc(F)cc(CN2CC3CCC2C3)c1. The minimum Gasteiger partial charge on any atom is -0.423 e. The molecule has 96 valence electrons. The minimum atomic E-state index is -1.60. The maximum Gasteiger partial charge on any atom is 0.488 e. The number of halogens is 1. The largest absolute Gasteiger partial charge is 0.488 e. The van der Waals surface area contributed by atoms with Crippen LogP contribution >= 0.6 is 0 Å². The quantitative estimate of drug-likeness (QED) is 0.766. The molecule has 1 saturated heterocycles. The van der Waals surface area contributed by atoms with Crippen molar-refractivity contribution < 1.29 is 14.4 Å². The standard InChI is InChI=1S/C13H17BFNO2/c15-12-4-10(3-11(6-12)14(17)18)8-16-7-9-1-2-13(16)5-9/h3-4,6,9,13,17-18H,1-2,5,7-8H2. The second kappa shape index (κ2) is 4.65. The van der Waals surface area contributed by atoms with Gasteiger partial charge in [0.15, 0.2) is 0 Å². The summed E-state index contributed by atoms with van der Waals surface area (Å²) in [6.07, 6.45) is 3.84. The molecule has 2 N–H and O–H groups in total. The fourth-order valence-electron chi connectivity index (χ4n) is 3.37. The first-order valence-electron chi connectivity index (χ1n) is 6.51. The number of hydrogen-bond acceptors (Lipinski definition) is 3. The molecular weight excluding hydrogens is 232 g/mol. The lowest BCUT2D eigenvalue weighted by Gasteiger charge is -2.26. The molecular formula is C13H17BFNO2. The Morgan fingerprint density at radius 2 is 2.11 bits per heavy atom. The predicted molar refractivity (Wildman–Crippen MR) is 67.8 cm³/mol. The average Bonchev–Trinajstić information content (AvgIpc) is 2.90. The van der Waals surface area contributed by atoms with Crippen LogP contribution in [0, 0.1) is 11.7 Å². The topological polar surface area (TPSA) is 43.7 Å². The van der Waals surface area contributed by atoms with Gasteiger partial charge in [0.1, 0.15) is 5.82 Å². The maximum absolute atomic E-state index is 13.4. The molecule has 18 heavy (non-hydrogen) atoms. The zero-order chi connectivity index (χ0) is 12.7. The zero-order valence-electron chi connectivity index (χ0n) is 10.2. The minimum absolute atomic E-state index is 0.231. The van der Waals surface area contributed by atoms with E-state index in [2.05, 4.69) is 4.90 Å². The molecule has 5 heteroatoms. The molecule has 0 amide bonds. The lowest BCUT2D eigenvalue weighted by atomic mass is 9.79. The lowest BCUT2D eigenvalue weighted by molar-refractivity contribution is 0.205. The highest BCUT2D eigenvalue weighted by molar-refractivity contribution is 6.58. The van der Waals surface area contributed by atoms with Crippen molar-refractivity contribution in [2.75, 3.05) is 6.54 Å². The van der Waals surface area contributed by atoms with E-state index in [0.717, 1.165) is 18.0 Å². The fraction of sp³-hybridized carbons (Fsp3) is 0.538. The molecule has 2 unspecified atom stereocenters. The third-order valence-electron chi connectivity index (χ3n) is 4.19. The number of likely N-dealkylation sites (tertiary alicyclic amines) is 1. The van der Waals surface area contributed by atoms with Crippen molar-refractivity contribution in [1.82, 2.24) is 4.90 Å². The Hall–Kier alpha value is -0.905. The van der Waals surface area contributed by atoms with Gasteiger partial charge < -0.3 is 10.0 Å². The van der Waals surface area contributed by atoms with Gasteiger partial charge in [-0.15, -0.1) is 0 Å². The van der Waals surface area contributed by atoms with Gasteiger partial charge in [0.05, 0.1) is 0 Å². The normalized spacial score (nSPS) is 26.8. The van der Waals surface area contributed by atoms with Gasteiger partial charge >= 0.3 is 7.12 Å². The van der Waals surface area contributed by atoms with E-state index in [-0.39, 0.29) is 5.46 Å².